The molecule has 0 aliphatic rings. The molecule has 4 heteroatoms. The minimum Gasteiger partial charge on any atom is -0.310 e. The molecule has 1 N–H and O–H groups in total. The second kappa shape index (κ2) is 4.91. The van der Waals surface area contributed by atoms with Crippen molar-refractivity contribution in [2.75, 3.05) is 5.32 Å². The lowest BCUT2D eigenvalue weighted by Crippen LogP contribution is -2.11. The van der Waals surface area contributed by atoms with E-state index in [0.717, 1.165) is 10.2 Å². The summed E-state index contributed by atoms with van der Waals surface area (Å²) in [7, 11) is 0. The van der Waals surface area contributed by atoms with E-state index in [4.69, 9.17) is 0 Å². The van der Waals surface area contributed by atoms with Gasteiger partial charge in [0.15, 0.2) is 0 Å². The van der Waals surface area contributed by atoms with Crippen molar-refractivity contribution < 1.29 is 4.79 Å². The number of aromatic nitrogens is 1. The van der Waals surface area contributed by atoms with Gasteiger partial charge in [0.1, 0.15) is 5.82 Å². The maximum absolute atomic E-state index is 11.2. The zero-order chi connectivity index (χ0) is 10.6. The first kappa shape index (κ1) is 10.9. The highest BCUT2D eigenvalue weighted by Crippen LogP contribution is 2.16. The van der Waals surface area contributed by atoms with E-state index in [-0.39, 0.29) is 5.91 Å². The van der Waals surface area contributed by atoms with E-state index in [1.807, 2.05) is 13.0 Å². The maximum Gasteiger partial charge on any atom is 0.229 e. The van der Waals surface area contributed by atoms with E-state index >= 15 is 0 Å². The summed E-state index contributed by atoms with van der Waals surface area (Å²) in [6.45, 7) is 5.35. The number of hydrogen-bond acceptors (Lipinski definition) is 2. The van der Waals surface area contributed by atoms with Gasteiger partial charge in [-0.15, -0.1) is 6.58 Å². The molecule has 0 fully saturated rings. The zero-order valence-corrected chi connectivity index (χ0v) is 9.47. The Labute approximate surface area is 91.4 Å². The van der Waals surface area contributed by atoms with Crippen molar-refractivity contribution in [1.82, 2.24) is 4.98 Å². The molecule has 0 aliphatic carbocycles. The molecule has 14 heavy (non-hydrogen) atoms. The van der Waals surface area contributed by atoms with Crippen molar-refractivity contribution in [1.29, 1.82) is 0 Å². The number of nitrogens with one attached hydrogen (secondary N) is 1. The molecule has 0 aromatic carbocycles. The molecule has 0 aliphatic heterocycles. The number of halogens is 1. The van der Waals surface area contributed by atoms with Crippen LogP contribution in [0.5, 0.6) is 0 Å². The smallest absolute Gasteiger partial charge is 0.229 e. The maximum atomic E-state index is 11.2. The Hall–Kier alpha value is -1.16. The van der Waals surface area contributed by atoms with Crippen molar-refractivity contribution in [2.24, 2.45) is 0 Å². The van der Waals surface area contributed by atoms with Crippen LogP contribution in [0.2, 0.25) is 0 Å². The van der Waals surface area contributed by atoms with E-state index in [1.165, 1.54) is 0 Å². The first-order valence-electron chi connectivity index (χ1n) is 4.17. The molecule has 0 bridgehead atoms. The number of carbonyl (C=O) groups excluding carboxylic acids is 1. The molecule has 74 valence electrons. The van der Waals surface area contributed by atoms with Crippen LogP contribution in [0.4, 0.5) is 5.82 Å². The Balaban J connectivity index is 2.72. The second-order valence-corrected chi connectivity index (χ2v) is 3.66. The number of carbonyl (C=O) groups is 1. The van der Waals surface area contributed by atoms with Gasteiger partial charge in [0.2, 0.25) is 5.91 Å². The molecule has 1 aromatic heterocycles. The standard InChI is InChI=1S/C10H11BrN2O/c1-3-4-10(14)13-9-6-5-8(11)7(2)12-9/h3,5-6H,1,4H2,2H3,(H,12,13,14). The molecule has 0 saturated heterocycles. The van der Waals surface area contributed by atoms with Crippen LogP contribution >= 0.6 is 15.9 Å². The second-order valence-electron chi connectivity index (χ2n) is 2.80. The Morgan fingerprint density at radius 3 is 3.00 bits per heavy atom. The Bertz CT molecular complexity index is 363. The lowest BCUT2D eigenvalue weighted by atomic mass is 10.3. The zero-order valence-electron chi connectivity index (χ0n) is 7.88. The minimum atomic E-state index is -0.103. The Morgan fingerprint density at radius 1 is 1.71 bits per heavy atom. The number of anilines is 1. The highest BCUT2D eigenvalue weighted by atomic mass is 79.9. The third-order valence-electron chi connectivity index (χ3n) is 1.62. The van der Waals surface area contributed by atoms with Gasteiger partial charge in [-0.05, 0) is 35.0 Å². The Kier molecular flexibility index (Phi) is 3.83. The number of rotatable bonds is 3. The molecule has 0 saturated carbocycles. The van der Waals surface area contributed by atoms with E-state index in [1.54, 1.807) is 12.1 Å². The summed E-state index contributed by atoms with van der Waals surface area (Å²) < 4.78 is 0.930. The third kappa shape index (κ3) is 2.96. The predicted molar refractivity (Wildman–Crippen MR) is 60.1 cm³/mol. The molecule has 0 spiro atoms. The number of amides is 1. The van der Waals surface area contributed by atoms with Gasteiger partial charge in [-0.25, -0.2) is 4.98 Å². The summed E-state index contributed by atoms with van der Waals surface area (Å²) >= 11 is 3.33. The fraction of sp³-hybridized carbons (Fsp3) is 0.200. The topological polar surface area (TPSA) is 42.0 Å². The molecule has 1 rings (SSSR count). The molecule has 1 heterocycles. The van der Waals surface area contributed by atoms with Gasteiger partial charge >= 0.3 is 0 Å². The van der Waals surface area contributed by atoms with E-state index in [9.17, 15) is 4.79 Å². The fourth-order valence-corrected chi connectivity index (χ4v) is 1.16. The first-order chi connectivity index (χ1) is 6.63. The van der Waals surface area contributed by atoms with Crippen molar-refractivity contribution >= 4 is 27.7 Å². The van der Waals surface area contributed by atoms with E-state index in [2.05, 4.69) is 32.8 Å². The van der Waals surface area contributed by atoms with Gasteiger partial charge < -0.3 is 5.32 Å². The van der Waals surface area contributed by atoms with Crippen LogP contribution in [0.1, 0.15) is 12.1 Å². The predicted octanol–water partition coefficient (Wildman–Crippen LogP) is 2.67. The van der Waals surface area contributed by atoms with Crippen LogP contribution in [0.15, 0.2) is 29.3 Å². The van der Waals surface area contributed by atoms with Gasteiger partial charge in [0.25, 0.3) is 0 Å². The van der Waals surface area contributed by atoms with Crippen LogP contribution in [-0.4, -0.2) is 10.9 Å². The molecular weight excluding hydrogens is 244 g/mol. The average Bonchev–Trinajstić information content (AvgIpc) is 2.12. The van der Waals surface area contributed by atoms with Gasteiger partial charge in [0.05, 0.1) is 5.69 Å². The normalized spacial score (nSPS) is 9.57. The number of aryl methyl sites for hydroxylation is 1. The van der Waals surface area contributed by atoms with Crippen LogP contribution in [0, 0.1) is 6.92 Å². The molecule has 1 amide bonds. The molecule has 3 nitrogen and oxygen atoms in total. The highest BCUT2D eigenvalue weighted by Gasteiger charge is 2.02. The summed E-state index contributed by atoms with van der Waals surface area (Å²) in [4.78, 5) is 15.4. The van der Waals surface area contributed by atoms with Crippen LogP contribution in [-0.2, 0) is 4.79 Å². The van der Waals surface area contributed by atoms with Crippen LogP contribution < -0.4 is 5.32 Å². The fourth-order valence-electron chi connectivity index (χ4n) is 0.939. The summed E-state index contributed by atoms with van der Waals surface area (Å²) in [5.41, 5.74) is 0.849. The number of pyridine rings is 1. The van der Waals surface area contributed by atoms with Crippen molar-refractivity contribution in [2.45, 2.75) is 13.3 Å². The van der Waals surface area contributed by atoms with Crippen LogP contribution in [0.3, 0.4) is 0 Å². The SMILES string of the molecule is C=CCC(=O)Nc1ccc(Br)c(C)n1. The van der Waals surface area contributed by atoms with Gasteiger partial charge in [-0.3, -0.25) is 4.79 Å². The number of nitrogens with zero attached hydrogens (tertiary/aromatic N) is 1. The number of hydrogen-bond donors (Lipinski definition) is 1. The van der Waals surface area contributed by atoms with Gasteiger partial charge in [-0.1, -0.05) is 6.08 Å². The van der Waals surface area contributed by atoms with Crippen molar-refractivity contribution in [3.8, 4) is 0 Å². The van der Waals surface area contributed by atoms with Crippen LogP contribution in [0.25, 0.3) is 0 Å². The molecule has 1 aromatic rings. The molecule has 0 radical (unpaired) electrons. The largest absolute Gasteiger partial charge is 0.310 e. The van der Waals surface area contributed by atoms with E-state index in [0.29, 0.717) is 12.2 Å². The van der Waals surface area contributed by atoms with Crippen molar-refractivity contribution in [3.63, 3.8) is 0 Å². The van der Waals surface area contributed by atoms with Crippen molar-refractivity contribution in [3.05, 3.63) is 35.0 Å². The Morgan fingerprint density at radius 2 is 2.43 bits per heavy atom. The average molecular weight is 255 g/mol. The summed E-state index contributed by atoms with van der Waals surface area (Å²) in [5.74, 6) is 0.465. The van der Waals surface area contributed by atoms with Gasteiger partial charge in [-0.2, -0.15) is 0 Å². The molecule has 0 atom stereocenters. The first-order valence-corrected chi connectivity index (χ1v) is 4.96. The van der Waals surface area contributed by atoms with Gasteiger partial charge in [0, 0.05) is 10.9 Å². The van der Waals surface area contributed by atoms with E-state index < -0.39 is 0 Å². The minimum absolute atomic E-state index is 0.103. The molecular formula is C10H11BrN2O. The lowest BCUT2D eigenvalue weighted by molar-refractivity contribution is -0.115. The summed E-state index contributed by atoms with van der Waals surface area (Å²) in [5, 5.41) is 2.67. The quantitative estimate of drug-likeness (QED) is 0.843. The lowest BCUT2D eigenvalue weighted by Gasteiger charge is -2.04. The summed E-state index contributed by atoms with van der Waals surface area (Å²) in [6.07, 6.45) is 1.86. The third-order valence-corrected chi connectivity index (χ3v) is 2.46. The monoisotopic (exact) mass is 254 g/mol. The molecule has 0 unspecified atom stereocenters. The summed E-state index contributed by atoms with van der Waals surface area (Å²) in [6, 6.07) is 3.60. The highest BCUT2D eigenvalue weighted by molar-refractivity contribution is 9.10.